The highest BCUT2D eigenvalue weighted by Crippen LogP contribution is 2.23. The fourth-order valence-electron chi connectivity index (χ4n) is 2.94. The molecule has 0 spiro atoms. The van der Waals surface area contributed by atoms with Crippen molar-refractivity contribution in [3.63, 3.8) is 0 Å². The highest BCUT2D eigenvalue weighted by Gasteiger charge is 2.16. The van der Waals surface area contributed by atoms with E-state index in [0.717, 1.165) is 5.75 Å². The molecule has 1 heterocycles. The summed E-state index contributed by atoms with van der Waals surface area (Å²) in [6.07, 6.45) is 0.656. The number of hydrogen-bond donors (Lipinski definition) is 1. The van der Waals surface area contributed by atoms with Gasteiger partial charge in [0.25, 0.3) is 0 Å². The van der Waals surface area contributed by atoms with Crippen molar-refractivity contribution in [2.24, 2.45) is 11.7 Å². The first-order valence-electron chi connectivity index (χ1n) is 10.1. The van der Waals surface area contributed by atoms with Gasteiger partial charge in [0.05, 0.1) is 5.75 Å². The maximum atomic E-state index is 12.7. The van der Waals surface area contributed by atoms with Gasteiger partial charge in [-0.1, -0.05) is 43.8 Å². The number of amides is 1. The van der Waals surface area contributed by atoms with Crippen LogP contribution in [0.1, 0.15) is 36.5 Å². The molecule has 0 bridgehead atoms. The standard InChI is InChI=1S/C23H26N4O3S/c1-16(2)14-27-22(13-12-21(24)29)25-26-23(27)31-15-20(28)17-8-10-19(11-9-17)30-18-6-4-3-5-7-18/h3-11,16H,12-15H2,1-2H3,(H2,24,29). The Morgan fingerprint density at radius 1 is 1.03 bits per heavy atom. The lowest BCUT2D eigenvalue weighted by atomic mass is 10.1. The van der Waals surface area contributed by atoms with Gasteiger partial charge >= 0.3 is 0 Å². The van der Waals surface area contributed by atoms with Crippen molar-refractivity contribution in [1.29, 1.82) is 0 Å². The Balaban J connectivity index is 1.62. The van der Waals surface area contributed by atoms with Crippen LogP contribution in [0.4, 0.5) is 0 Å². The summed E-state index contributed by atoms with van der Waals surface area (Å²) in [5.74, 6) is 2.36. The Bertz CT molecular complexity index is 1020. The van der Waals surface area contributed by atoms with Gasteiger partial charge in [0.2, 0.25) is 5.91 Å². The van der Waals surface area contributed by atoms with Crippen LogP contribution in [0.15, 0.2) is 59.8 Å². The molecule has 0 radical (unpaired) electrons. The van der Waals surface area contributed by atoms with Crippen molar-refractivity contribution in [1.82, 2.24) is 14.8 Å². The number of rotatable bonds is 11. The smallest absolute Gasteiger partial charge is 0.217 e. The minimum atomic E-state index is -0.372. The van der Waals surface area contributed by atoms with E-state index in [2.05, 4.69) is 24.0 Å². The van der Waals surface area contributed by atoms with Gasteiger partial charge in [0, 0.05) is 24.9 Å². The number of benzene rings is 2. The number of aromatic nitrogens is 3. The molecule has 3 rings (SSSR count). The number of ketones is 1. The number of Topliss-reactive ketones (excluding diaryl/α,β-unsaturated/α-hetero) is 1. The van der Waals surface area contributed by atoms with E-state index in [0.29, 0.717) is 41.2 Å². The average Bonchev–Trinajstić information content (AvgIpc) is 3.12. The summed E-state index contributed by atoms with van der Waals surface area (Å²) in [6.45, 7) is 4.90. The lowest BCUT2D eigenvalue weighted by molar-refractivity contribution is -0.118. The fraction of sp³-hybridized carbons (Fsp3) is 0.304. The van der Waals surface area contributed by atoms with E-state index in [9.17, 15) is 9.59 Å². The SMILES string of the molecule is CC(C)Cn1c(CCC(N)=O)nnc1SCC(=O)c1ccc(Oc2ccccc2)cc1. The van der Waals surface area contributed by atoms with Crippen LogP contribution in [-0.2, 0) is 17.8 Å². The van der Waals surface area contributed by atoms with E-state index in [4.69, 9.17) is 10.5 Å². The first kappa shape index (κ1) is 22.6. The Morgan fingerprint density at radius 3 is 2.35 bits per heavy atom. The molecule has 0 atom stereocenters. The molecule has 1 amide bonds. The van der Waals surface area contributed by atoms with E-state index in [1.165, 1.54) is 11.8 Å². The number of nitrogens with two attached hydrogens (primary N) is 1. The summed E-state index contributed by atoms with van der Waals surface area (Å²) in [4.78, 5) is 23.8. The van der Waals surface area contributed by atoms with Crippen molar-refractivity contribution in [3.05, 3.63) is 66.0 Å². The number of ether oxygens (including phenoxy) is 1. The second-order valence-electron chi connectivity index (χ2n) is 7.52. The highest BCUT2D eigenvalue weighted by molar-refractivity contribution is 7.99. The number of carbonyl (C=O) groups excluding carboxylic acids is 2. The van der Waals surface area contributed by atoms with Crippen molar-refractivity contribution in [2.75, 3.05) is 5.75 Å². The third kappa shape index (κ3) is 6.68. The maximum absolute atomic E-state index is 12.7. The van der Waals surface area contributed by atoms with Gasteiger partial charge in [-0.2, -0.15) is 0 Å². The van der Waals surface area contributed by atoms with Crippen LogP contribution in [0, 0.1) is 5.92 Å². The van der Waals surface area contributed by atoms with Gasteiger partial charge < -0.3 is 15.0 Å². The predicted molar refractivity (Wildman–Crippen MR) is 120 cm³/mol. The van der Waals surface area contributed by atoms with Gasteiger partial charge in [0.15, 0.2) is 10.9 Å². The molecule has 0 fully saturated rings. The topological polar surface area (TPSA) is 100 Å². The average molecular weight is 439 g/mol. The zero-order valence-corrected chi connectivity index (χ0v) is 18.5. The second kappa shape index (κ2) is 10.8. The van der Waals surface area contributed by atoms with E-state index in [1.807, 2.05) is 34.9 Å². The van der Waals surface area contributed by atoms with Crippen LogP contribution in [0.3, 0.4) is 0 Å². The molecular formula is C23H26N4O3S. The molecule has 0 unspecified atom stereocenters. The first-order chi connectivity index (χ1) is 14.9. The summed E-state index contributed by atoms with van der Waals surface area (Å²) in [6, 6.07) is 16.6. The molecule has 3 aromatic rings. The van der Waals surface area contributed by atoms with Crippen molar-refractivity contribution in [2.45, 2.75) is 38.4 Å². The van der Waals surface area contributed by atoms with Crippen molar-refractivity contribution in [3.8, 4) is 11.5 Å². The van der Waals surface area contributed by atoms with Crippen LogP contribution < -0.4 is 10.5 Å². The first-order valence-corrected chi connectivity index (χ1v) is 11.1. The summed E-state index contributed by atoms with van der Waals surface area (Å²) >= 11 is 1.35. The Morgan fingerprint density at radius 2 is 1.71 bits per heavy atom. The normalized spacial score (nSPS) is 10.9. The van der Waals surface area contributed by atoms with E-state index < -0.39 is 0 Å². The van der Waals surface area contributed by atoms with E-state index in [-0.39, 0.29) is 23.9 Å². The van der Waals surface area contributed by atoms with E-state index in [1.54, 1.807) is 24.3 Å². The Hall–Kier alpha value is -3.13. The van der Waals surface area contributed by atoms with Gasteiger partial charge in [0.1, 0.15) is 17.3 Å². The summed E-state index contributed by atoms with van der Waals surface area (Å²) in [5, 5.41) is 9.10. The highest BCUT2D eigenvalue weighted by atomic mass is 32.2. The zero-order chi connectivity index (χ0) is 22.2. The number of hydrogen-bond acceptors (Lipinski definition) is 6. The van der Waals surface area contributed by atoms with Crippen LogP contribution in [0.5, 0.6) is 11.5 Å². The molecule has 31 heavy (non-hydrogen) atoms. The largest absolute Gasteiger partial charge is 0.457 e. The molecule has 0 aliphatic carbocycles. The van der Waals surface area contributed by atoms with Crippen LogP contribution in [-0.4, -0.2) is 32.2 Å². The van der Waals surface area contributed by atoms with E-state index >= 15 is 0 Å². The molecule has 1 aromatic heterocycles. The minimum Gasteiger partial charge on any atom is -0.457 e. The lowest BCUT2D eigenvalue weighted by Crippen LogP contribution is -2.15. The zero-order valence-electron chi connectivity index (χ0n) is 17.7. The Labute approximate surface area is 186 Å². The molecular weight excluding hydrogens is 412 g/mol. The molecule has 0 saturated heterocycles. The van der Waals surface area contributed by atoms with Gasteiger partial charge in [-0.3, -0.25) is 9.59 Å². The molecule has 0 saturated carbocycles. The summed E-state index contributed by atoms with van der Waals surface area (Å²) < 4.78 is 7.74. The van der Waals surface area contributed by atoms with Crippen molar-refractivity contribution >= 4 is 23.5 Å². The van der Waals surface area contributed by atoms with Crippen molar-refractivity contribution < 1.29 is 14.3 Å². The number of carbonyl (C=O) groups is 2. The predicted octanol–water partition coefficient (Wildman–Crippen LogP) is 4.12. The third-order valence-corrected chi connectivity index (χ3v) is 5.39. The number of nitrogens with zero attached hydrogens (tertiary/aromatic N) is 3. The second-order valence-corrected chi connectivity index (χ2v) is 8.46. The van der Waals surface area contributed by atoms with Crippen LogP contribution >= 0.6 is 11.8 Å². The number of para-hydroxylation sites is 1. The monoisotopic (exact) mass is 438 g/mol. The number of aryl methyl sites for hydroxylation is 1. The summed E-state index contributed by atoms with van der Waals surface area (Å²) in [7, 11) is 0. The lowest BCUT2D eigenvalue weighted by Gasteiger charge is -2.12. The van der Waals surface area contributed by atoms with Gasteiger partial charge in [-0.05, 0) is 42.3 Å². The number of thioether (sulfide) groups is 1. The fourth-order valence-corrected chi connectivity index (χ4v) is 3.80. The quantitative estimate of drug-likeness (QED) is 0.357. The molecule has 0 aliphatic rings. The third-order valence-electron chi connectivity index (χ3n) is 4.42. The minimum absolute atomic E-state index is 0.00551. The van der Waals surface area contributed by atoms with Crippen LogP contribution in [0.25, 0.3) is 0 Å². The summed E-state index contributed by atoms with van der Waals surface area (Å²) in [5.41, 5.74) is 5.87. The molecule has 0 aliphatic heterocycles. The molecule has 7 nitrogen and oxygen atoms in total. The molecule has 2 N–H and O–H groups in total. The molecule has 8 heteroatoms. The van der Waals surface area contributed by atoms with Gasteiger partial charge in [-0.15, -0.1) is 10.2 Å². The molecule has 2 aromatic carbocycles. The Kier molecular flexibility index (Phi) is 7.83. The molecule has 162 valence electrons. The maximum Gasteiger partial charge on any atom is 0.217 e. The van der Waals surface area contributed by atoms with Gasteiger partial charge in [-0.25, -0.2) is 0 Å². The van der Waals surface area contributed by atoms with Crippen LogP contribution in [0.2, 0.25) is 0 Å². The number of primary amides is 1.